The maximum Gasteiger partial charge on any atom is 0.330 e. The van der Waals surface area contributed by atoms with E-state index in [1.165, 1.54) is 21.2 Å². The van der Waals surface area contributed by atoms with Gasteiger partial charge in [0.15, 0.2) is 10.8 Å². The highest BCUT2D eigenvalue weighted by Gasteiger charge is 2.25. The van der Waals surface area contributed by atoms with Gasteiger partial charge in [-0.05, 0) is 31.4 Å². The van der Waals surface area contributed by atoms with Crippen molar-refractivity contribution < 1.29 is 4.79 Å². The molecule has 176 valence electrons. The molecule has 4 N–H and O–H groups in total. The van der Waals surface area contributed by atoms with Gasteiger partial charge < -0.3 is 15.6 Å². The quantitative estimate of drug-likeness (QED) is 0.376. The second kappa shape index (κ2) is 10.7. The Bertz CT molecular complexity index is 1150. The van der Waals surface area contributed by atoms with E-state index < -0.39 is 11.2 Å². The van der Waals surface area contributed by atoms with Gasteiger partial charge in [-0.25, -0.2) is 9.78 Å². The topological polar surface area (TPSA) is 147 Å². The van der Waals surface area contributed by atoms with Crippen LogP contribution in [-0.4, -0.2) is 38.2 Å². The first-order chi connectivity index (χ1) is 15.0. The van der Waals surface area contributed by atoms with Crippen LogP contribution in [0.3, 0.4) is 0 Å². The van der Waals surface area contributed by atoms with E-state index in [-0.39, 0.29) is 54.2 Å². The summed E-state index contributed by atoms with van der Waals surface area (Å²) in [5.74, 6) is -0.259. The van der Waals surface area contributed by atoms with Gasteiger partial charge in [0.2, 0.25) is 5.91 Å². The number of thioether (sulfide) groups is 1. The average molecular weight is 465 g/mol. The van der Waals surface area contributed by atoms with Crippen molar-refractivity contribution in [1.29, 1.82) is 0 Å². The number of hydrogen-bond acceptors (Lipinski definition) is 7. The van der Waals surface area contributed by atoms with Crippen LogP contribution in [0.25, 0.3) is 0 Å². The Balaban J connectivity index is 2.43. The van der Waals surface area contributed by atoms with Gasteiger partial charge in [0.1, 0.15) is 5.82 Å². The molecule has 2 heterocycles. The van der Waals surface area contributed by atoms with Crippen LogP contribution in [0.15, 0.2) is 19.5 Å². The monoisotopic (exact) mass is 464 g/mol. The lowest BCUT2D eigenvalue weighted by atomic mass is 10.1. The zero-order valence-corrected chi connectivity index (χ0v) is 20.3. The van der Waals surface area contributed by atoms with Gasteiger partial charge in [-0.15, -0.1) is 0 Å². The number of nitrogens with zero attached hydrogens (tertiary/aromatic N) is 3. The average Bonchev–Trinajstić information content (AvgIpc) is 2.68. The van der Waals surface area contributed by atoms with Gasteiger partial charge in [-0.1, -0.05) is 39.5 Å². The van der Waals surface area contributed by atoms with Crippen LogP contribution in [0, 0.1) is 18.8 Å². The molecule has 0 atom stereocenters. The summed E-state index contributed by atoms with van der Waals surface area (Å²) in [7, 11) is 0. The van der Waals surface area contributed by atoms with Crippen molar-refractivity contribution in [3.63, 3.8) is 0 Å². The predicted molar refractivity (Wildman–Crippen MR) is 127 cm³/mol. The number of rotatable bonds is 9. The molecule has 2 aromatic heterocycles. The molecular weight excluding hydrogens is 432 g/mol. The number of nitrogens with two attached hydrogens (primary N) is 1. The zero-order chi connectivity index (χ0) is 24.2. The maximum atomic E-state index is 13.2. The summed E-state index contributed by atoms with van der Waals surface area (Å²) < 4.78 is 1.28. The smallest absolute Gasteiger partial charge is 0.330 e. The number of carbonyl (C=O) groups excluding carboxylic acids is 1. The molecule has 0 spiro atoms. The predicted octanol–water partition coefficient (Wildman–Crippen LogP) is 1.51. The molecule has 0 saturated heterocycles. The van der Waals surface area contributed by atoms with Crippen molar-refractivity contribution in [2.24, 2.45) is 11.8 Å². The van der Waals surface area contributed by atoms with Crippen molar-refractivity contribution in [2.45, 2.75) is 59.2 Å². The van der Waals surface area contributed by atoms with Gasteiger partial charge >= 0.3 is 5.69 Å². The SMILES string of the molecule is CSc1nc(C)c(CCC(=O)N(CC(C)C)c2c(N)n(CC(C)C)c(=O)[nH]c2=O)c(=O)[nH]1. The summed E-state index contributed by atoms with van der Waals surface area (Å²) in [6.45, 7) is 9.94. The maximum absolute atomic E-state index is 13.2. The van der Waals surface area contributed by atoms with Crippen LogP contribution in [0.4, 0.5) is 11.5 Å². The lowest BCUT2D eigenvalue weighted by molar-refractivity contribution is -0.118. The lowest BCUT2D eigenvalue weighted by Gasteiger charge is -2.26. The van der Waals surface area contributed by atoms with Crippen LogP contribution >= 0.6 is 11.8 Å². The van der Waals surface area contributed by atoms with Gasteiger partial charge in [-0.3, -0.25) is 23.9 Å². The molecule has 11 heteroatoms. The number of aryl methyl sites for hydroxylation is 1. The van der Waals surface area contributed by atoms with E-state index in [0.717, 1.165) is 0 Å². The van der Waals surface area contributed by atoms with E-state index >= 15 is 0 Å². The Morgan fingerprint density at radius 2 is 1.78 bits per heavy atom. The van der Waals surface area contributed by atoms with Crippen molar-refractivity contribution in [1.82, 2.24) is 19.5 Å². The summed E-state index contributed by atoms with van der Waals surface area (Å²) in [5, 5.41) is 0.510. The van der Waals surface area contributed by atoms with Crippen LogP contribution in [0.2, 0.25) is 0 Å². The first-order valence-electron chi connectivity index (χ1n) is 10.5. The van der Waals surface area contributed by atoms with Crippen molar-refractivity contribution >= 4 is 29.2 Å². The number of nitrogens with one attached hydrogen (secondary N) is 2. The molecule has 10 nitrogen and oxygen atoms in total. The molecule has 2 rings (SSSR count). The number of anilines is 2. The van der Waals surface area contributed by atoms with Crippen molar-refractivity contribution in [2.75, 3.05) is 23.4 Å². The fourth-order valence-electron chi connectivity index (χ4n) is 3.41. The van der Waals surface area contributed by atoms with Crippen LogP contribution < -0.4 is 27.4 Å². The molecule has 1 amide bonds. The Morgan fingerprint density at radius 1 is 1.12 bits per heavy atom. The molecule has 0 aliphatic carbocycles. The second-order valence-corrected chi connectivity index (χ2v) is 9.33. The van der Waals surface area contributed by atoms with Gasteiger partial charge in [0.05, 0.1) is 0 Å². The number of aromatic amines is 2. The van der Waals surface area contributed by atoms with E-state index in [0.29, 0.717) is 23.0 Å². The van der Waals surface area contributed by atoms with E-state index in [1.54, 1.807) is 6.92 Å². The number of hydrogen-bond donors (Lipinski definition) is 3. The van der Waals surface area contributed by atoms with Crippen LogP contribution in [0.5, 0.6) is 0 Å². The Kier molecular flexibility index (Phi) is 8.48. The number of nitrogen functional groups attached to an aromatic ring is 1. The third-order valence-corrected chi connectivity index (χ3v) is 5.44. The van der Waals surface area contributed by atoms with E-state index in [2.05, 4.69) is 15.0 Å². The summed E-state index contributed by atoms with van der Waals surface area (Å²) in [6.07, 6.45) is 1.96. The second-order valence-electron chi connectivity index (χ2n) is 8.53. The minimum absolute atomic E-state index is 0.0148. The number of carbonyl (C=O) groups is 1. The largest absolute Gasteiger partial charge is 0.383 e. The fraction of sp³-hybridized carbons (Fsp3) is 0.571. The van der Waals surface area contributed by atoms with E-state index in [4.69, 9.17) is 5.73 Å². The van der Waals surface area contributed by atoms with Gasteiger partial charge in [-0.2, -0.15) is 0 Å². The van der Waals surface area contributed by atoms with Crippen LogP contribution in [-0.2, 0) is 17.8 Å². The molecule has 0 radical (unpaired) electrons. The Hall–Kier alpha value is -2.82. The van der Waals surface area contributed by atoms with E-state index in [1.807, 2.05) is 34.0 Å². The molecule has 32 heavy (non-hydrogen) atoms. The lowest BCUT2D eigenvalue weighted by Crippen LogP contribution is -2.43. The Labute approximate surface area is 190 Å². The number of aromatic nitrogens is 4. The first kappa shape index (κ1) is 25.4. The van der Waals surface area contributed by atoms with Gasteiger partial charge in [0, 0.05) is 30.8 Å². The van der Waals surface area contributed by atoms with Crippen molar-refractivity contribution in [3.05, 3.63) is 42.4 Å². The standard InChI is InChI=1S/C21H32N6O4S/c1-11(2)9-26(16-17(22)27(10-12(3)4)21(31)25-19(16)30)15(28)8-7-14-13(5)23-20(32-6)24-18(14)29/h11-12H,7-10,22H2,1-6H3,(H,23,24,29)(H,25,30,31). The summed E-state index contributed by atoms with van der Waals surface area (Å²) in [6, 6.07) is 0. The highest BCUT2D eigenvalue weighted by atomic mass is 32.2. The molecule has 0 aromatic carbocycles. The molecule has 0 saturated carbocycles. The number of amides is 1. The molecule has 0 aliphatic heterocycles. The van der Waals surface area contributed by atoms with Gasteiger partial charge in [0.25, 0.3) is 11.1 Å². The molecule has 0 bridgehead atoms. The highest BCUT2D eigenvalue weighted by Crippen LogP contribution is 2.21. The summed E-state index contributed by atoms with van der Waals surface area (Å²) in [5.41, 5.74) is 5.56. The summed E-state index contributed by atoms with van der Waals surface area (Å²) >= 11 is 1.33. The Morgan fingerprint density at radius 3 is 2.31 bits per heavy atom. The highest BCUT2D eigenvalue weighted by molar-refractivity contribution is 7.98. The summed E-state index contributed by atoms with van der Waals surface area (Å²) in [4.78, 5) is 61.2. The number of H-pyrrole nitrogens is 2. The minimum Gasteiger partial charge on any atom is -0.383 e. The third-order valence-electron chi connectivity index (χ3n) is 4.86. The molecule has 2 aromatic rings. The third kappa shape index (κ3) is 5.90. The van der Waals surface area contributed by atoms with E-state index in [9.17, 15) is 19.2 Å². The minimum atomic E-state index is -0.707. The van der Waals surface area contributed by atoms with Crippen LogP contribution in [0.1, 0.15) is 45.4 Å². The normalized spacial score (nSPS) is 11.4. The first-order valence-corrected chi connectivity index (χ1v) is 11.7. The molecular formula is C21H32N6O4S. The molecule has 0 aliphatic rings. The fourth-order valence-corrected chi connectivity index (χ4v) is 3.83. The zero-order valence-electron chi connectivity index (χ0n) is 19.4. The van der Waals surface area contributed by atoms with Crippen molar-refractivity contribution in [3.8, 4) is 0 Å². The molecule has 0 unspecified atom stereocenters. The molecule has 0 fully saturated rings.